The molecule has 1 aromatic carbocycles. The number of benzene rings is 1. The Balaban J connectivity index is 1.88. The molecule has 1 N–H and O–H groups in total. The Kier molecular flexibility index (Phi) is 3.56. The van der Waals surface area contributed by atoms with Gasteiger partial charge in [-0.2, -0.15) is 11.8 Å². The molecule has 3 amide bonds. The van der Waals surface area contributed by atoms with Crippen LogP contribution in [0.1, 0.15) is 17.5 Å². The van der Waals surface area contributed by atoms with Crippen molar-refractivity contribution in [3.8, 4) is 0 Å². The van der Waals surface area contributed by atoms with Gasteiger partial charge in [-0.15, -0.1) is 0 Å². The van der Waals surface area contributed by atoms with Crippen LogP contribution in [0, 0.1) is 17.0 Å². The summed E-state index contributed by atoms with van der Waals surface area (Å²) in [6, 6.07) is 4.27. The van der Waals surface area contributed by atoms with Gasteiger partial charge in [0.2, 0.25) is 0 Å². The topological polar surface area (TPSA) is 92.6 Å². The van der Waals surface area contributed by atoms with Crippen molar-refractivity contribution >= 4 is 29.4 Å². The number of imide groups is 1. The van der Waals surface area contributed by atoms with Crippen molar-refractivity contribution in [1.29, 1.82) is 0 Å². The first-order valence-corrected chi connectivity index (χ1v) is 8.05. The van der Waals surface area contributed by atoms with E-state index in [2.05, 4.69) is 5.32 Å². The van der Waals surface area contributed by atoms with E-state index in [4.69, 9.17) is 0 Å². The Morgan fingerprint density at radius 2 is 2.23 bits per heavy atom. The van der Waals surface area contributed by atoms with Gasteiger partial charge in [0.1, 0.15) is 5.54 Å². The lowest BCUT2D eigenvalue weighted by Crippen LogP contribution is -2.46. The molecule has 0 bridgehead atoms. The first kappa shape index (κ1) is 14.8. The van der Waals surface area contributed by atoms with Crippen LogP contribution in [0.25, 0.3) is 0 Å². The average Bonchev–Trinajstić information content (AvgIpc) is 3.02. The Labute approximate surface area is 131 Å². The molecule has 2 heterocycles. The molecule has 2 aliphatic heterocycles. The number of hydrogen-bond acceptors (Lipinski definition) is 5. The Morgan fingerprint density at radius 3 is 2.86 bits per heavy atom. The molecule has 1 atom stereocenters. The maximum absolute atomic E-state index is 12.6. The summed E-state index contributed by atoms with van der Waals surface area (Å²) in [6.45, 7) is 1.69. The van der Waals surface area contributed by atoms with Gasteiger partial charge in [-0.3, -0.25) is 19.8 Å². The largest absolute Gasteiger partial charge is 0.325 e. The highest BCUT2D eigenvalue weighted by Crippen LogP contribution is 2.34. The molecular weight excluding hydrogens is 306 g/mol. The minimum absolute atomic E-state index is 0.00399. The van der Waals surface area contributed by atoms with Gasteiger partial charge in [0.15, 0.2) is 0 Å². The second kappa shape index (κ2) is 5.28. The quantitative estimate of drug-likeness (QED) is 0.521. The monoisotopic (exact) mass is 321 g/mol. The highest BCUT2D eigenvalue weighted by Gasteiger charge is 2.52. The molecule has 0 aliphatic carbocycles. The molecule has 1 spiro atoms. The van der Waals surface area contributed by atoms with Gasteiger partial charge in [-0.25, -0.2) is 4.79 Å². The number of carbonyl (C=O) groups is 2. The summed E-state index contributed by atoms with van der Waals surface area (Å²) < 4.78 is 0. The van der Waals surface area contributed by atoms with E-state index in [9.17, 15) is 19.7 Å². The summed E-state index contributed by atoms with van der Waals surface area (Å²) in [5.74, 6) is 1.20. The van der Waals surface area contributed by atoms with Crippen molar-refractivity contribution < 1.29 is 14.5 Å². The first-order valence-electron chi connectivity index (χ1n) is 6.89. The Bertz CT molecular complexity index is 670. The van der Waals surface area contributed by atoms with Crippen molar-refractivity contribution in [1.82, 2.24) is 10.2 Å². The summed E-state index contributed by atoms with van der Waals surface area (Å²) >= 11 is 1.64. The average molecular weight is 321 g/mol. The van der Waals surface area contributed by atoms with Crippen molar-refractivity contribution in [2.24, 2.45) is 0 Å². The van der Waals surface area contributed by atoms with E-state index in [1.807, 2.05) is 0 Å². The van der Waals surface area contributed by atoms with Gasteiger partial charge < -0.3 is 5.32 Å². The molecule has 0 aromatic heterocycles. The fourth-order valence-corrected chi connectivity index (χ4v) is 4.19. The maximum Gasteiger partial charge on any atom is 0.325 e. The predicted octanol–water partition coefficient (Wildman–Crippen LogP) is 1.83. The van der Waals surface area contributed by atoms with Gasteiger partial charge in [-0.05, 0) is 24.7 Å². The molecule has 0 saturated carbocycles. The lowest BCUT2D eigenvalue weighted by molar-refractivity contribution is -0.385. The number of amides is 3. The molecule has 2 aliphatic rings. The summed E-state index contributed by atoms with van der Waals surface area (Å²) in [6.07, 6.45) is 0.632. The lowest BCUT2D eigenvalue weighted by atomic mass is 9.99. The van der Waals surface area contributed by atoms with E-state index in [1.165, 1.54) is 6.07 Å². The van der Waals surface area contributed by atoms with E-state index in [0.29, 0.717) is 23.3 Å². The third kappa shape index (κ3) is 2.23. The third-order valence-electron chi connectivity index (χ3n) is 4.21. The number of nitrogens with one attached hydrogen (secondary N) is 1. The summed E-state index contributed by atoms with van der Waals surface area (Å²) in [4.78, 5) is 36.4. The highest BCUT2D eigenvalue weighted by atomic mass is 32.2. The zero-order valence-electron chi connectivity index (χ0n) is 12.0. The predicted molar refractivity (Wildman–Crippen MR) is 81.6 cm³/mol. The second-order valence-corrected chi connectivity index (χ2v) is 6.63. The Hall–Kier alpha value is -2.09. The maximum atomic E-state index is 12.6. The lowest BCUT2D eigenvalue weighted by Gasteiger charge is -2.19. The van der Waals surface area contributed by atoms with Crippen LogP contribution >= 0.6 is 11.8 Å². The molecular formula is C14H15N3O4S. The molecule has 116 valence electrons. The molecule has 1 aromatic rings. The summed E-state index contributed by atoms with van der Waals surface area (Å²) in [5, 5.41) is 13.8. The SMILES string of the molecule is Cc1c(CN2C(=O)N[C@@]3(CCSC3)C2=O)cccc1[N+](=O)[O-]. The second-order valence-electron chi connectivity index (χ2n) is 5.52. The molecule has 2 saturated heterocycles. The van der Waals surface area contributed by atoms with Crippen LogP contribution in [0.2, 0.25) is 0 Å². The molecule has 0 radical (unpaired) electrons. The standard InChI is InChI=1S/C14H15N3O4S/c1-9-10(3-2-4-11(9)17(20)21)7-16-12(18)14(15-13(16)19)5-6-22-8-14/h2-4H,5-8H2,1H3,(H,15,19)/t14-/m1/s1. The van der Waals surface area contributed by atoms with Gasteiger partial charge in [0.25, 0.3) is 11.6 Å². The third-order valence-corrected chi connectivity index (χ3v) is 5.40. The number of nitro groups is 1. The van der Waals surface area contributed by atoms with Crippen molar-refractivity contribution in [3.63, 3.8) is 0 Å². The molecule has 3 rings (SSSR count). The molecule has 0 unspecified atom stereocenters. The number of nitro benzene ring substituents is 1. The van der Waals surface area contributed by atoms with Crippen molar-refractivity contribution in [2.45, 2.75) is 25.4 Å². The number of nitrogens with zero attached hydrogens (tertiary/aromatic N) is 2. The highest BCUT2D eigenvalue weighted by molar-refractivity contribution is 7.99. The van der Waals surface area contributed by atoms with E-state index in [1.54, 1.807) is 30.8 Å². The summed E-state index contributed by atoms with van der Waals surface area (Å²) in [7, 11) is 0. The first-order chi connectivity index (χ1) is 10.4. The van der Waals surface area contributed by atoms with Gasteiger partial charge in [-0.1, -0.05) is 12.1 Å². The van der Waals surface area contributed by atoms with Crippen LogP contribution in [0.15, 0.2) is 18.2 Å². The minimum Gasteiger partial charge on any atom is -0.322 e. The van der Waals surface area contributed by atoms with E-state index < -0.39 is 16.5 Å². The number of hydrogen-bond donors (Lipinski definition) is 1. The zero-order chi connectivity index (χ0) is 15.9. The number of carbonyl (C=O) groups excluding carboxylic acids is 2. The van der Waals surface area contributed by atoms with Gasteiger partial charge >= 0.3 is 6.03 Å². The number of urea groups is 1. The zero-order valence-corrected chi connectivity index (χ0v) is 12.8. The van der Waals surface area contributed by atoms with Gasteiger partial charge in [0, 0.05) is 17.4 Å². The van der Waals surface area contributed by atoms with Crippen LogP contribution in [0.5, 0.6) is 0 Å². The fourth-order valence-electron chi connectivity index (χ4n) is 2.86. The van der Waals surface area contributed by atoms with E-state index in [-0.39, 0.29) is 18.1 Å². The molecule has 8 heteroatoms. The molecule has 7 nitrogen and oxygen atoms in total. The fraction of sp³-hybridized carbons (Fsp3) is 0.429. The van der Waals surface area contributed by atoms with Crippen molar-refractivity contribution in [3.05, 3.63) is 39.4 Å². The van der Waals surface area contributed by atoms with Crippen LogP contribution < -0.4 is 5.32 Å². The smallest absolute Gasteiger partial charge is 0.322 e. The Morgan fingerprint density at radius 1 is 1.45 bits per heavy atom. The van der Waals surface area contributed by atoms with Gasteiger partial charge in [0.05, 0.1) is 11.5 Å². The van der Waals surface area contributed by atoms with Crippen LogP contribution in [0.4, 0.5) is 10.5 Å². The minimum atomic E-state index is -0.781. The van der Waals surface area contributed by atoms with Crippen LogP contribution in [0.3, 0.4) is 0 Å². The molecule has 2 fully saturated rings. The van der Waals surface area contributed by atoms with Crippen LogP contribution in [-0.2, 0) is 11.3 Å². The van der Waals surface area contributed by atoms with Crippen LogP contribution in [-0.4, -0.2) is 38.8 Å². The number of rotatable bonds is 3. The normalized spacial score (nSPS) is 24.1. The number of thioether (sulfide) groups is 1. The molecule has 22 heavy (non-hydrogen) atoms. The van der Waals surface area contributed by atoms with E-state index >= 15 is 0 Å². The van der Waals surface area contributed by atoms with Crippen molar-refractivity contribution in [2.75, 3.05) is 11.5 Å². The summed E-state index contributed by atoms with van der Waals surface area (Å²) in [5.41, 5.74) is 0.307. The van der Waals surface area contributed by atoms with E-state index in [0.717, 1.165) is 10.7 Å².